The van der Waals surface area contributed by atoms with Gasteiger partial charge in [0.1, 0.15) is 17.2 Å². The van der Waals surface area contributed by atoms with E-state index in [1.807, 2.05) is 24.3 Å². The fourth-order valence-corrected chi connectivity index (χ4v) is 2.92. The third-order valence-electron chi connectivity index (χ3n) is 3.89. The van der Waals surface area contributed by atoms with Gasteiger partial charge in [0.15, 0.2) is 0 Å². The molecule has 3 aromatic carbocycles. The van der Waals surface area contributed by atoms with Crippen molar-refractivity contribution < 1.29 is 15.3 Å². The Bertz CT molecular complexity index is 771. The van der Waals surface area contributed by atoms with E-state index in [0.717, 1.165) is 22.3 Å². The summed E-state index contributed by atoms with van der Waals surface area (Å²) in [5.41, 5.74) is 3.42. The number of benzene rings is 3. The fraction of sp³-hybridized carbons (Fsp3) is 0.100. The highest BCUT2D eigenvalue weighted by Gasteiger charge is 2.11. The van der Waals surface area contributed by atoms with Crippen molar-refractivity contribution in [3.05, 3.63) is 87.9 Å². The number of phenols is 3. The van der Waals surface area contributed by atoms with E-state index < -0.39 is 0 Å². The van der Waals surface area contributed by atoms with Crippen molar-refractivity contribution in [2.24, 2.45) is 0 Å². The Morgan fingerprint density at radius 2 is 1.00 bits per heavy atom. The first-order chi connectivity index (χ1) is 11.5. The molecule has 3 aromatic rings. The van der Waals surface area contributed by atoms with Crippen molar-refractivity contribution in [3.63, 3.8) is 0 Å². The minimum atomic E-state index is 0.210. The molecule has 0 saturated carbocycles. The van der Waals surface area contributed by atoms with Gasteiger partial charge < -0.3 is 15.3 Å². The molecule has 0 spiro atoms. The first kappa shape index (κ1) is 16.2. The van der Waals surface area contributed by atoms with Gasteiger partial charge in [-0.2, -0.15) is 0 Å². The standard InChI is InChI=1S/C20H17ClO3/c21-17-11-15(9-13-1-5-18(22)6-2-13)20(24)16(12-17)10-14-3-7-19(23)8-4-14/h1-8,11-12,22-24H,9-10H2. The first-order valence-corrected chi connectivity index (χ1v) is 7.95. The molecular weight excluding hydrogens is 324 g/mol. The number of hydrogen-bond donors (Lipinski definition) is 3. The van der Waals surface area contributed by atoms with Gasteiger partial charge >= 0.3 is 0 Å². The summed E-state index contributed by atoms with van der Waals surface area (Å²) in [5, 5.41) is 29.9. The topological polar surface area (TPSA) is 60.7 Å². The van der Waals surface area contributed by atoms with E-state index in [1.165, 1.54) is 0 Å². The Morgan fingerprint density at radius 1 is 0.625 bits per heavy atom. The Morgan fingerprint density at radius 3 is 1.38 bits per heavy atom. The maximum Gasteiger partial charge on any atom is 0.122 e. The van der Waals surface area contributed by atoms with Crippen LogP contribution in [0.1, 0.15) is 22.3 Å². The van der Waals surface area contributed by atoms with Crippen LogP contribution in [0.15, 0.2) is 60.7 Å². The average Bonchev–Trinajstić information content (AvgIpc) is 2.56. The summed E-state index contributed by atoms with van der Waals surface area (Å²) in [6.07, 6.45) is 1.05. The lowest BCUT2D eigenvalue weighted by Crippen LogP contribution is -1.95. The third-order valence-corrected chi connectivity index (χ3v) is 4.11. The molecule has 0 amide bonds. The highest BCUT2D eigenvalue weighted by atomic mass is 35.5. The van der Waals surface area contributed by atoms with Gasteiger partial charge in [0, 0.05) is 29.0 Å². The third kappa shape index (κ3) is 3.81. The van der Waals surface area contributed by atoms with Gasteiger partial charge in [-0.25, -0.2) is 0 Å². The predicted octanol–water partition coefficient (Wildman–Crippen LogP) is 4.64. The van der Waals surface area contributed by atoms with E-state index in [1.54, 1.807) is 36.4 Å². The van der Waals surface area contributed by atoms with Crippen LogP contribution in [0.25, 0.3) is 0 Å². The maximum atomic E-state index is 10.6. The van der Waals surface area contributed by atoms with Crippen LogP contribution in [-0.4, -0.2) is 15.3 Å². The van der Waals surface area contributed by atoms with Gasteiger partial charge in [-0.15, -0.1) is 0 Å². The second-order valence-electron chi connectivity index (χ2n) is 5.76. The minimum absolute atomic E-state index is 0.210. The number of rotatable bonds is 4. The summed E-state index contributed by atoms with van der Waals surface area (Å²) >= 11 is 6.21. The number of halogens is 1. The largest absolute Gasteiger partial charge is 0.508 e. The van der Waals surface area contributed by atoms with Crippen molar-refractivity contribution in [1.82, 2.24) is 0 Å². The molecule has 3 nitrogen and oxygen atoms in total. The second kappa shape index (κ2) is 6.85. The van der Waals surface area contributed by atoms with Crippen LogP contribution in [0, 0.1) is 0 Å². The highest BCUT2D eigenvalue weighted by Crippen LogP contribution is 2.31. The van der Waals surface area contributed by atoms with Crippen LogP contribution in [0.4, 0.5) is 0 Å². The van der Waals surface area contributed by atoms with Crippen LogP contribution < -0.4 is 0 Å². The quantitative estimate of drug-likeness (QED) is 0.648. The van der Waals surface area contributed by atoms with Crippen molar-refractivity contribution in [2.75, 3.05) is 0 Å². The fourth-order valence-electron chi connectivity index (χ4n) is 2.65. The Balaban J connectivity index is 1.89. The zero-order chi connectivity index (χ0) is 17.1. The van der Waals surface area contributed by atoms with Crippen molar-refractivity contribution in [2.45, 2.75) is 12.8 Å². The van der Waals surface area contributed by atoms with Gasteiger partial charge in [-0.3, -0.25) is 0 Å². The molecular formula is C20H17ClO3. The maximum absolute atomic E-state index is 10.6. The normalized spacial score (nSPS) is 10.7. The molecule has 0 aliphatic heterocycles. The molecule has 3 rings (SSSR count). The summed E-state index contributed by atoms with van der Waals surface area (Å²) in [6, 6.07) is 17.2. The van der Waals surface area contributed by atoms with Crippen LogP contribution in [0.3, 0.4) is 0 Å². The molecule has 24 heavy (non-hydrogen) atoms. The number of phenolic OH excluding ortho intramolecular Hbond substituents is 3. The predicted molar refractivity (Wildman–Crippen MR) is 94.9 cm³/mol. The Hall–Kier alpha value is -2.65. The molecule has 0 aliphatic carbocycles. The SMILES string of the molecule is Oc1ccc(Cc2cc(Cl)cc(Cc3ccc(O)cc3)c2O)cc1. The Kier molecular flexibility index (Phi) is 4.63. The molecule has 0 heterocycles. The summed E-state index contributed by atoms with van der Waals surface area (Å²) in [4.78, 5) is 0. The monoisotopic (exact) mass is 340 g/mol. The smallest absolute Gasteiger partial charge is 0.122 e. The summed E-state index contributed by atoms with van der Waals surface area (Å²) in [5.74, 6) is 0.643. The second-order valence-corrected chi connectivity index (χ2v) is 6.20. The molecule has 3 N–H and O–H groups in total. The van der Waals surface area contributed by atoms with Gasteiger partial charge in [-0.05, 0) is 47.5 Å². The molecule has 0 fully saturated rings. The summed E-state index contributed by atoms with van der Waals surface area (Å²) < 4.78 is 0. The van der Waals surface area contributed by atoms with Gasteiger partial charge in [0.25, 0.3) is 0 Å². The van der Waals surface area contributed by atoms with E-state index in [4.69, 9.17) is 11.6 Å². The molecule has 0 aromatic heterocycles. The van der Waals surface area contributed by atoms with Crippen LogP contribution in [0.2, 0.25) is 5.02 Å². The molecule has 0 unspecified atom stereocenters. The van der Waals surface area contributed by atoms with Crippen LogP contribution in [-0.2, 0) is 12.8 Å². The minimum Gasteiger partial charge on any atom is -0.508 e. The van der Waals surface area contributed by atoms with E-state index in [0.29, 0.717) is 17.9 Å². The van der Waals surface area contributed by atoms with E-state index >= 15 is 0 Å². The van der Waals surface area contributed by atoms with Crippen LogP contribution >= 0.6 is 11.6 Å². The lowest BCUT2D eigenvalue weighted by atomic mass is 9.97. The zero-order valence-corrected chi connectivity index (χ0v) is 13.7. The molecule has 0 atom stereocenters. The van der Waals surface area contributed by atoms with E-state index in [-0.39, 0.29) is 17.2 Å². The van der Waals surface area contributed by atoms with Gasteiger partial charge in [0.2, 0.25) is 0 Å². The number of hydrogen-bond acceptors (Lipinski definition) is 3. The van der Waals surface area contributed by atoms with Crippen molar-refractivity contribution >= 4 is 11.6 Å². The molecule has 0 radical (unpaired) electrons. The van der Waals surface area contributed by atoms with Crippen molar-refractivity contribution in [3.8, 4) is 17.2 Å². The van der Waals surface area contributed by atoms with Crippen LogP contribution in [0.5, 0.6) is 17.2 Å². The molecule has 4 heteroatoms. The average molecular weight is 341 g/mol. The molecule has 122 valence electrons. The lowest BCUT2D eigenvalue weighted by Gasteiger charge is -2.12. The van der Waals surface area contributed by atoms with E-state index in [2.05, 4.69) is 0 Å². The van der Waals surface area contributed by atoms with Gasteiger partial charge in [0.05, 0.1) is 0 Å². The highest BCUT2D eigenvalue weighted by molar-refractivity contribution is 6.30. The van der Waals surface area contributed by atoms with Crippen molar-refractivity contribution in [1.29, 1.82) is 0 Å². The number of aromatic hydroxyl groups is 3. The summed E-state index contributed by atoms with van der Waals surface area (Å²) in [6.45, 7) is 0. The first-order valence-electron chi connectivity index (χ1n) is 7.57. The lowest BCUT2D eigenvalue weighted by molar-refractivity contribution is 0.463. The molecule has 0 saturated heterocycles. The Labute approximate surface area is 145 Å². The van der Waals surface area contributed by atoms with Gasteiger partial charge in [-0.1, -0.05) is 35.9 Å². The summed E-state index contributed by atoms with van der Waals surface area (Å²) in [7, 11) is 0. The molecule has 0 bridgehead atoms. The molecule has 0 aliphatic rings. The zero-order valence-electron chi connectivity index (χ0n) is 12.9. The van der Waals surface area contributed by atoms with E-state index in [9.17, 15) is 15.3 Å².